The first-order valence-corrected chi connectivity index (χ1v) is 5.62. The highest BCUT2D eigenvalue weighted by atomic mass is 32.1. The number of hydrogen-bond acceptors (Lipinski definition) is 4. The summed E-state index contributed by atoms with van der Waals surface area (Å²) in [5.74, 6) is -0.407. The Morgan fingerprint density at radius 2 is 2.19 bits per heavy atom. The van der Waals surface area contributed by atoms with Gasteiger partial charge >= 0.3 is 5.97 Å². The summed E-state index contributed by atoms with van der Waals surface area (Å²) in [5.41, 5.74) is 7.55. The average molecular weight is 233 g/mol. The highest BCUT2D eigenvalue weighted by Gasteiger charge is 2.11. The van der Waals surface area contributed by atoms with Gasteiger partial charge in [-0.25, -0.2) is 4.79 Å². The lowest BCUT2D eigenvalue weighted by atomic mass is 10.1. The summed E-state index contributed by atoms with van der Waals surface area (Å²) in [5, 5.41) is 1.99. The molecule has 0 spiro atoms. The van der Waals surface area contributed by atoms with E-state index in [4.69, 9.17) is 5.73 Å². The van der Waals surface area contributed by atoms with E-state index in [0.29, 0.717) is 11.3 Å². The molecule has 2 rings (SSSR count). The summed E-state index contributed by atoms with van der Waals surface area (Å²) in [6, 6.07) is 9.34. The van der Waals surface area contributed by atoms with Crippen LogP contribution in [0.25, 0.3) is 10.4 Å². The second kappa shape index (κ2) is 4.37. The molecular weight excluding hydrogens is 222 g/mol. The van der Waals surface area contributed by atoms with Crippen molar-refractivity contribution < 1.29 is 9.53 Å². The third-order valence-corrected chi connectivity index (χ3v) is 3.18. The molecule has 0 saturated heterocycles. The lowest BCUT2D eigenvalue weighted by molar-refractivity contribution is 0.0602. The van der Waals surface area contributed by atoms with Gasteiger partial charge in [-0.3, -0.25) is 0 Å². The summed E-state index contributed by atoms with van der Waals surface area (Å²) in [4.78, 5) is 12.6. The topological polar surface area (TPSA) is 52.3 Å². The molecular formula is C12H11NO2S. The molecule has 0 aliphatic heterocycles. The van der Waals surface area contributed by atoms with E-state index in [-0.39, 0.29) is 0 Å². The average Bonchev–Trinajstić information content (AvgIpc) is 2.82. The highest BCUT2D eigenvalue weighted by molar-refractivity contribution is 7.13. The van der Waals surface area contributed by atoms with E-state index < -0.39 is 5.97 Å². The Morgan fingerprint density at radius 1 is 1.38 bits per heavy atom. The van der Waals surface area contributed by atoms with Gasteiger partial charge in [0.1, 0.15) is 0 Å². The monoisotopic (exact) mass is 233 g/mol. The molecule has 1 aromatic heterocycles. The third kappa shape index (κ3) is 1.92. The number of carbonyl (C=O) groups is 1. The van der Waals surface area contributed by atoms with Crippen LogP contribution in [0.4, 0.5) is 5.69 Å². The Labute approximate surface area is 97.5 Å². The second-order valence-electron chi connectivity index (χ2n) is 3.27. The molecule has 0 amide bonds. The first-order chi connectivity index (χ1) is 7.72. The number of benzene rings is 1. The number of rotatable bonds is 2. The molecule has 0 aliphatic rings. The minimum atomic E-state index is -0.407. The minimum Gasteiger partial charge on any atom is -0.465 e. The molecule has 3 nitrogen and oxygen atoms in total. The van der Waals surface area contributed by atoms with E-state index in [0.717, 1.165) is 10.4 Å². The molecule has 1 heterocycles. The molecule has 82 valence electrons. The van der Waals surface area contributed by atoms with Crippen LogP contribution in [0.15, 0.2) is 35.7 Å². The van der Waals surface area contributed by atoms with E-state index in [2.05, 4.69) is 4.74 Å². The van der Waals surface area contributed by atoms with E-state index in [1.165, 1.54) is 7.11 Å². The van der Waals surface area contributed by atoms with Crippen molar-refractivity contribution in [3.8, 4) is 10.4 Å². The van der Waals surface area contributed by atoms with Crippen molar-refractivity contribution in [1.82, 2.24) is 0 Å². The van der Waals surface area contributed by atoms with Crippen molar-refractivity contribution in [3.05, 3.63) is 41.3 Å². The fourth-order valence-electron chi connectivity index (χ4n) is 1.44. The molecule has 2 aromatic rings. The maximum Gasteiger partial charge on any atom is 0.339 e. The van der Waals surface area contributed by atoms with Gasteiger partial charge in [-0.2, -0.15) is 0 Å². The fourth-order valence-corrected chi connectivity index (χ4v) is 2.16. The first kappa shape index (κ1) is 10.7. The maximum absolute atomic E-state index is 11.5. The SMILES string of the molecule is COC(=O)c1cc(-c2cccs2)ccc1N. The molecule has 1 aromatic carbocycles. The Morgan fingerprint density at radius 3 is 2.81 bits per heavy atom. The van der Waals surface area contributed by atoms with Gasteiger partial charge in [0.15, 0.2) is 0 Å². The van der Waals surface area contributed by atoms with Crippen LogP contribution in [-0.2, 0) is 4.74 Å². The number of methoxy groups -OCH3 is 1. The third-order valence-electron chi connectivity index (χ3n) is 2.26. The quantitative estimate of drug-likeness (QED) is 0.641. The number of carbonyl (C=O) groups excluding carboxylic acids is 1. The number of hydrogen-bond donors (Lipinski definition) is 1. The predicted molar refractivity (Wildman–Crippen MR) is 65.5 cm³/mol. The Balaban J connectivity index is 2.47. The molecule has 0 aliphatic carbocycles. The summed E-state index contributed by atoms with van der Waals surface area (Å²) in [6.07, 6.45) is 0. The van der Waals surface area contributed by atoms with Crippen LogP contribution in [0.5, 0.6) is 0 Å². The summed E-state index contributed by atoms with van der Waals surface area (Å²) in [7, 11) is 1.35. The number of anilines is 1. The van der Waals surface area contributed by atoms with E-state index in [1.54, 1.807) is 23.5 Å². The Hall–Kier alpha value is -1.81. The van der Waals surface area contributed by atoms with Gasteiger partial charge in [-0.1, -0.05) is 12.1 Å². The molecule has 4 heteroatoms. The number of thiophene rings is 1. The first-order valence-electron chi connectivity index (χ1n) is 4.74. The maximum atomic E-state index is 11.5. The summed E-state index contributed by atoms with van der Waals surface area (Å²) < 4.78 is 4.67. The van der Waals surface area contributed by atoms with Crippen molar-refractivity contribution >= 4 is 23.0 Å². The zero-order valence-corrected chi connectivity index (χ0v) is 9.58. The van der Waals surface area contributed by atoms with Crippen LogP contribution in [0.2, 0.25) is 0 Å². The Bertz CT molecular complexity index is 506. The van der Waals surface area contributed by atoms with Gasteiger partial charge in [0.2, 0.25) is 0 Å². The molecule has 0 bridgehead atoms. The van der Waals surface area contributed by atoms with Crippen molar-refractivity contribution in [2.45, 2.75) is 0 Å². The molecule has 2 N–H and O–H groups in total. The standard InChI is InChI=1S/C12H11NO2S/c1-15-12(14)9-7-8(4-5-10(9)13)11-3-2-6-16-11/h2-7H,13H2,1H3. The van der Waals surface area contributed by atoms with Crippen LogP contribution < -0.4 is 5.73 Å². The zero-order chi connectivity index (χ0) is 11.5. The van der Waals surface area contributed by atoms with Crippen molar-refractivity contribution in [2.24, 2.45) is 0 Å². The van der Waals surface area contributed by atoms with E-state index >= 15 is 0 Å². The van der Waals surface area contributed by atoms with Gasteiger partial charge in [0.05, 0.1) is 12.7 Å². The number of nitrogen functional groups attached to an aromatic ring is 1. The van der Waals surface area contributed by atoms with Crippen LogP contribution in [0.3, 0.4) is 0 Å². The van der Waals surface area contributed by atoms with Gasteiger partial charge in [0, 0.05) is 10.6 Å². The van der Waals surface area contributed by atoms with Gasteiger partial charge in [-0.05, 0) is 29.1 Å². The van der Waals surface area contributed by atoms with Crippen LogP contribution in [0, 0.1) is 0 Å². The van der Waals surface area contributed by atoms with Crippen molar-refractivity contribution in [1.29, 1.82) is 0 Å². The largest absolute Gasteiger partial charge is 0.465 e. The molecule has 0 fully saturated rings. The van der Waals surface area contributed by atoms with Crippen LogP contribution in [0.1, 0.15) is 10.4 Å². The van der Waals surface area contributed by atoms with Gasteiger partial charge in [0.25, 0.3) is 0 Å². The van der Waals surface area contributed by atoms with E-state index in [9.17, 15) is 4.79 Å². The molecule has 0 saturated carbocycles. The van der Waals surface area contributed by atoms with Crippen LogP contribution in [-0.4, -0.2) is 13.1 Å². The number of esters is 1. The minimum absolute atomic E-state index is 0.407. The number of ether oxygens (including phenoxy) is 1. The van der Waals surface area contributed by atoms with Gasteiger partial charge < -0.3 is 10.5 Å². The molecule has 0 atom stereocenters. The van der Waals surface area contributed by atoms with Crippen molar-refractivity contribution in [3.63, 3.8) is 0 Å². The zero-order valence-electron chi connectivity index (χ0n) is 8.77. The summed E-state index contributed by atoms with van der Waals surface area (Å²) in [6.45, 7) is 0. The molecule has 0 unspecified atom stereocenters. The molecule has 16 heavy (non-hydrogen) atoms. The van der Waals surface area contributed by atoms with Gasteiger partial charge in [-0.15, -0.1) is 11.3 Å². The highest BCUT2D eigenvalue weighted by Crippen LogP contribution is 2.27. The molecule has 0 radical (unpaired) electrons. The Kier molecular flexibility index (Phi) is 2.92. The predicted octanol–water partition coefficient (Wildman–Crippen LogP) is 2.78. The smallest absolute Gasteiger partial charge is 0.339 e. The number of nitrogens with two attached hydrogens (primary N) is 1. The van der Waals surface area contributed by atoms with E-state index in [1.807, 2.05) is 23.6 Å². The normalized spacial score (nSPS) is 10.1. The lowest BCUT2D eigenvalue weighted by Crippen LogP contribution is -2.05. The van der Waals surface area contributed by atoms with Crippen LogP contribution >= 0.6 is 11.3 Å². The lowest BCUT2D eigenvalue weighted by Gasteiger charge is -2.05. The summed E-state index contributed by atoms with van der Waals surface area (Å²) >= 11 is 1.62. The second-order valence-corrected chi connectivity index (χ2v) is 4.22. The fraction of sp³-hybridized carbons (Fsp3) is 0.0833. The van der Waals surface area contributed by atoms with Crippen molar-refractivity contribution in [2.75, 3.05) is 12.8 Å².